The molecule has 0 bridgehead atoms. The van der Waals surface area contributed by atoms with E-state index in [9.17, 15) is 0 Å². The summed E-state index contributed by atoms with van der Waals surface area (Å²) in [6.45, 7) is 9.63. The monoisotopic (exact) mass is 394 g/mol. The Balaban J connectivity index is 0.00000361. The first-order valence-corrected chi connectivity index (χ1v) is 7.21. The molecule has 1 aliphatic carbocycles. The lowest BCUT2D eigenvalue weighted by Gasteiger charge is -2.44. The van der Waals surface area contributed by atoms with Crippen LogP contribution in [0.4, 0.5) is 0 Å². The molecule has 0 aromatic heterocycles. The standard InChI is InChI=1S/C15H30N4.HI/c1-12(2)10-17-14(16)18-11-15(19(4)5)8-6-7-13(3)9-15;/h13H,1,6-11H2,2-5H3,(H3,16,17,18);1H. The van der Waals surface area contributed by atoms with Gasteiger partial charge in [-0.25, -0.2) is 0 Å². The minimum Gasteiger partial charge on any atom is -0.370 e. The fourth-order valence-corrected chi connectivity index (χ4v) is 2.85. The van der Waals surface area contributed by atoms with Crippen molar-refractivity contribution >= 4 is 29.9 Å². The Morgan fingerprint density at radius 2 is 2.15 bits per heavy atom. The molecule has 0 saturated heterocycles. The van der Waals surface area contributed by atoms with Crippen LogP contribution in [0.3, 0.4) is 0 Å². The van der Waals surface area contributed by atoms with Gasteiger partial charge < -0.3 is 16.0 Å². The highest BCUT2D eigenvalue weighted by molar-refractivity contribution is 14.0. The van der Waals surface area contributed by atoms with Crippen molar-refractivity contribution in [2.45, 2.75) is 45.1 Å². The molecule has 2 unspecified atom stereocenters. The Kier molecular flexibility index (Phi) is 8.74. The number of halogens is 1. The first-order chi connectivity index (χ1) is 8.85. The summed E-state index contributed by atoms with van der Waals surface area (Å²) in [6, 6.07) is 0. The maximum atomic E-state index is 5.91. The van der Waals surface area contributed by atoms with Gasteiger partial charge in [0.25, 0.3) is 0 Å². The highest BCUT2D eigenvalue weighted by Gasteiger charge is 2.36. The lowest BCUT2D eigenvalue weighted by atomic mass is 9.75. The van der Waals surface area contributed by atoms with Gasteiger partial charge in [0.05, 0.1) is 6.54 Å². The number of hydrogen-bond acceptors (Lipinski definition) is 2. The number of nitrogens with one attached hydrogen (secondary N) is 1. The van der Waals surface area contributed by atoms with Crippen LogP contribution in [0.15, 0.2) is 17.1 Å². The van der Waals surface area contributed by atoms with E-state index in [4.69, 9.17) is 5.73 Å². The van der Waals surface area contributed by atoms with E-state index < -0.39 is 0 Å². The maximum Gasteiger partial charge on any atom is 0.188 e. The Morgan fingerprint density at radius 1 is 1.50 bits per heavy atom. The van der Waals surface area contributed by atoms with E-state index in [1.165, 1.54) is 25.7 Å². The van der Waals surface area contributed by atoms with Gasteiger partial charge in [-0.1, -0.05) is 31.9 Å². The Bertz CT molecular complexity index is 341. The van der Waals surface area contributed by atoms with Crippen LogP contribution < -0.4 is 11.1 Å². The molecule has 3 N–H and O–H groups in total. The number of aliphatic imine (C=N–C) groups is 1. The van der Waals surface area contributed by atoms with E-state index in [0.29, 0.717) is 12.5 Å². The van der Waals surface area contributed by atoms with Crippen molar-refractivity contribution in [3.8, 4) is 0 Å². The number of nitrogens with two attached hydrogens (primary N) is 1. The third-order valence-corrected chi connectivity index (χ3v) is 4.13. The second kappa shape index (κ2) is 8.87. The summed E-state index contributed by atoms with van der Waals surface area (Å²) in [7, 11) is 4.32. The van der Waals surface area contributed by atoms with Crippen LogP contribution in [0.5, 0.6) is 0 Å². The molecule has 1 aliphatic rings. The van der Waals surface area contributed by atoms with Gasteiger partial charge in [-0.3, -0.25) is 4.99 Å². The highest BCUT2D eigenvalue weighted by Crippen LogP contribution is 2.35. The average Bonchev–Trinajstić information content (AvgIpc) is 2.33. The van der Waals surface area contributed by atoms with Crippen LogP contribution in [-0.2, 0) is 0 Å². The van der Waals surface area contributed by atoms with Crippen LogP contribution in [0, 0.1) is 5.92 Å². The van der Waals surface area contributed by atoms with E-state index in [0.717, 1.165) is 18.0 Å². The fraction of sp³-hybridized carbons (Fsp3) is 0.800. The first-order valence-electron chi connectivity index (χ1n) is 7.21. The quantitative estimate of drug-likeness (QED) is 0.326. The second-order valence-electron chi connectivity index (χ2n) is 6.33. The van der Waals surface area contributed by atoms with Crippen molar-refractivity contribution in [2.24, 2.45) is 16.6 Å². The predicted octanol–water partition coefficient (Wildman–Crippen LogP) is 2.60. The third-order valence-electron chi connectivity index (χ3n) is 4.13. The molecule has 0 aromatic carbocycles. The number of nitrogens with zero attached hydrogens (tertiary/aromatic N) is 2. The van der Waals surface area contributed by atoms with Gasteiger partial charge in [-0.2, -0.15) is 0 Å². The molecule has 0 aliphatic heterocycles. The molecule has 1 saturated carbocycles. The van der Waals surface area contributed by atoms with Crippen LogP contribution in [0.1, 0.15) is 39.5 Å². The smallest absolute Gasteiger partial charge is 0.188 e. The van der Waals surface area contributed by atoms with E-state index in [-0.39, 0.29) is 29.5 Å². The summed E-state index contributed by atoms with van der Waals surface area (Å²) in [5.41, 5.74) is 7.15. The Morgan fingerprint density at radius 3 is 2.65 bits per heavy atom. The van der Waals surface area contributed by atoms with Crippen molar-refractivity contribution in [2.75, 3.05) is 27.2 Å². The first kappa shape index (κ1) is 19.7. The van der Waals surface area contributed by atoms with Gasteiger partial charge in [0.2, 0.25) is 0 Å². The summed E-state index contributed by atoms with van der Waals surface area (Å²) >= 11 is 0. The SMILES string of the molecule is C=C(C)CNC(N)=NCC1(N(C)C)CCCC(C)C1.I. The molecule has 1 rings (SSSR count). The lowest BCUT2D eigenvalue weighted by molar-refractivity contribution is 0.0845. The molecule has 5 heteroatoms. The molecule has 0 heterocycles. The van der Waals surface area contributed by atoms with Gasteiger partial charge in [-0.05, 0) is 39.8 Å². The Labute approximate surface area is 141 Å². The maximum absolute atomic E-state index is 5.91. The largest absolute Gasteiger partial charge is 0.370 e. The number of hydrogen-bond donors (Lipinski definition) is 2. The van der Waals surface area contributed by atoms with E-state index >= 15 is 0 Å². The molecular weight excluding hydrogens is 363 g/mol. The molecule has 2 atom stereocenters. The number of likely N-dealkylation sites (N-methyl/N-ethyl adjacent to an activating group) is 1. The van der Waals surface area contributed by atoms with Gasteiger partial charge in [-0.15, -0.1) is 24.0 Å². The summed E-state index contributed by atoms with van der Waals surface area (Å²) in [5.74, 6) is 1.30. The molecule has 0 amide bonds. The van der Waals surface area contributed by atoms with Crippen LogP contribution >= 0.6 is 24.0 Å². The van der Waals surface area contributed by atoms with Crippen molar-refractivity contribution in [1.82, 2.24) is 10.2 Å². The fourth-order valence-electron chi connectivity index (χ4n) is 2.85. The predicted molar refractivity (Wildman–Crippen MR) is 98.8 cm³/mol. The zero-order chi connectivity index (χ0) is 14.5. The van der Waals surface area contributed by atoms with Crippen LogP contribution in [-0.4, -0.2) is 43.6 Å². The van der Waals surface area contributed by atoms with Gasteiger partial charge in [0.1, 0.15) is 0 Å². The van der Waals surface area contributed by atoms with E-state index in [1.807, 2.05) is 6.92 Å². The second-order valence-corrected chi connectivity index (χ2v) is 6.33. The summed E-state index contributed by atoms with van der Waals surface area (Å²) in [5, 5.41) is 3.10. The summed E-state index contributed by atoms with van der Waals surface area (Å²) < 4.78 is 0. The van der Waals surface area contributed by atoms with Gasteiger partial charge in [0.15, 0.2) is 5.96 Å². The molecule has 0 spiro atoms. The summed E-state index contributed by atoms with van der Waals surface area (Å²) in [4.78, 5) is 6.88. The molecule has 0 radical (unpaired) electrons. The zero-order valence-electron chi connectivity index (χ0n) is 13.4. The van der Waals surface area contributed by atoms with E-state index in [1.54, 1.807) is 0 Å². The minimum absolute atomic E-state index is 0. The third kappa shape index (κ3) is 5.99. The van der Waals surface area contributed by atoms with Crippen molar-refractivity contribution in [1.29, 1.82) is 0 Å². The molecule has 20 heavy (non-hydrogen) atoms. The van der Waals surface area contributed by atoms with E-state index in [2.05, 4.69) is 42.8 Å². The molecule has 1 fully saturated rings. The normalized spacial score (nSPS) is 27.1. The Hall–Kier alpha value is -0.300. The average molecular weight is 394 g/mol. The van der Waals surface area contributed by atoms with Gasteiger partial charge in [0, 0.05) is 12.1 Å². The minimum atomic E-state index is 0. The lowest BCUT2D eigenvalue weighted by Crippen LogP contribution is -2.50. The summed E-state index contributed by atoms with van der Waals surface area (Å²) in [6.07, 6.45) is 5.04. The topological polar surface area (TPSA) is 53.6 Å². The zero-order valence-corrected chi connectivity index (χ0v) is 15.7. The van der Waals surface area contributed by atoms with Gasteiger partial charge >= 0.3 is 0 Å². The molecule has 0 aromatic rings. The van der Waals surface area contributed by atoms with Crippen LogP contribution in [0.25, 0.3) is 0 Å². The number of guanidine groups is 1. The number of rotatable bonds is 5. The highest BCUT2D eigenvalue weighted by atomic mass is 127. The molecule has 4 nitrogen and oxygen atoms in total. The van der Waals surface area contributed by atoms with Crippen molar-refractivity contribution in [3.05, 3.63) is 12.2 Å². The van der Waals surface area contributed by atoms with Crippen molar-refractivity contribution in [3.63, 3.8) is 0 Å². The molecule has 118 valence electrons. The van der Waals surface area contributed by atoms with Crippen LogP contribution in [0.2, 0.25) is 0 Å². The van der Waals surface area contributed by atoms with Crippen molar-refractivity contribution < 1.29 is 0 Å². The molecular formula is C15H31IN4.